The van der Waals surface area contributed by atoms with E-state index in [2.05, 4.69) is 32.9 Å². The predicted octanol–water partition coefficient (Wildman–Crippen LogP) is 4.21. The quantitative estimate of drug-likeness (QED) is 0.417. The van der Waals surface area contributed by atoms with E-state index in [9.17, 15) is 22.0 Å². The number of ether oxygens (including phenoxy) is 1. The number of nitrogens with one attached hydrogen (secondary N) is 2. The van der Waals surface area contributed by atoms with E-state index in [0.29, 0.717) is 5.75 Å². The van der Waals surface area contributed by atoms with E-state index in [1.807, 2.05) is 6.07 Å². The average Bonchev–Trinajstić information content (AvgIpc) is 3.12. The van der Waals surface area contributed by atoms with Gasteiger partial charge in [-0.15, -0.1) is 0 Å². The van der Waals surface area contributed by atoms with Crippen LogP contribution in [-0.2, 0) is 10.0 Å². The summed E-state index contributed by atoms with van der Waals surface area (Å²) in [5.74, 6) is -2.41. The zero-order valence-corrected chi connectivity index (χ0v) is 19.1. The maximum absolute atomic E-state index is 14.2. The largest absolute Gasteiger partial charge is 0.416 e. The van der Waals surface area contributed by atoms with Gasteiger partial charge in [-0.2, -0.15) is 4.98 Å². The number of oxazole rings is 1. The number of hydrogen-bond donors (Lipinski definition) is 2. The zero-order chi connectivity index (χ0) is 22.8. The second kappa shape index (κ2) is 9.18. The van der Waals surface area contributed by atoms with Crippen molar-refractivity contribution in [3.8, 4) is 11.8 Å². The van der Waals surface area contributed by atoms with Crippen LogP contribution in [0.25, 0.3) is 0 Å². The van der Waals surface area contributed by atoms with Gasteiger partial charge in [-0.1, -0.05) is 6.07 Å². The molecule has 0 fully saturated rings. The summed E-state index contributed by atoms with van der Waals surface area (Å²) >= 11 is 2.11. The van der Waals surface area contributed by atoms with E-state index in [1.54, 1.807) is 22.9 Å². The van der Waals surface area contributed by atoms with Gasteiger partial charge in [0.15, 0.2) is 17.3 Å². The van der Waals surface area contributed by atoms with Crippen LogP contribution in [0, 0.1) is 15.2 Å². The monoisotopic (exact) mass is 563 g/mol. The first-order valence-electron chi connectivity index (χ1n) is 8.68. The second-order valence-electron chi connectivity index (χ2n) is 6.49. The number of benzene rings is 2. The molecule has 1 unspecified atom stereocenters. The molecule has 0 spiro atoms. The number of nitrogens with zero attached hydrogens (tertiary/aromatic N) is 1. The number of carbonyl (C=O) groups excluding carboxylic acids is 1. The first kappa shape index (κ1) is 22.9. The first-order valence-corrected chi connectivity index (χ1v) is 11.7. The van der Waals surface area contributed by atoms with Crippen LogP contribution in [-0.4, -0.2) is 25.6 Å². The molecule has 8 nitrogen and oxygen atoms in total. The Labute approximate surface area is 190 Å². The molecular formula is C19H16F2IN3O5S. The Balaban J connectivity index is 1.70. The number of hydrogen-bond acceptors (Lipinski definition) is 6. The zero-order valence-electron chi connectivity index (χ0n) is 16.1. The van der Waals surface area contributed by atoms with Crippen LogP contribution in [0.3, 0.4) is 0 Å². The van der Waals surface area contributed by atoms with E-state index in [4.69, 9.17) is 9.15 Å². The van der Waals surface area contributed by atoms with Crippen molar-refractivity contribution in [1.82, 2.24) is 10.3 Å². The molecule has 0 saturated carbocycles. The molecule has 0 aliphatic carbocycles. The van der Waals surface area contributed by atoms with E-state index >= 15 is 0 Å². The van der Waals surface area contributed by atoms with Gasteiger partial charge in [-0.3, -0.25) is 9.52 Å². The molecule has 3 rings (SSSR count). The third-order valence-corrected chi connectivity index (χ3v) is 5.16. The van der Waals surface area contributed by atoms with Gasteiger partial charge in [0.05, 0.1) is 12.3 Å². The van der Waals surface area contributed by atoms with Crippen molar-refractivity contribution in [3.05, 3.63) is 69.1 Å². The fourth-order valence-corrected chi connectivity index (χ4v) is 3.60. The van der Waals surface area contributed by atoms with Gasteiger partial charge >= 0.3 is 6.08 Å². The molecule has 1 amide bonds. The van der Waals surface area contributed by atoms with Gasteiger partial charge in [0.2, 0.25) is 10.0 Å². The van der Waals surface area contributed by atoms with Crippen molar-refractivity contribution in [3.63, 3.8) is 0 Å². The first-order chi connectivity index (χ1) is 14.5. The summed E-state index contributed by atoms with van der Waals surface area (Å²) in [6.45, 7) is 1.50. The van der Waals surface area contributed by atoms with E-state index in [0.717, 1.165) is 28.2 Å². The Morgan fingerprint density at radius 1 is 1.23 bits per heavy atom. The summed E-state index contributed by atoms with van der Waals surface area (Å²) in [6.07, 6.45) is 1.72. The molecule has 0 bridgehead atoms. The second-order valence-corrected chi connectivity index (χ2v) is 9.48. The Morgan fingerprint density at radius 3 is 2.52 bits per heavy atom. The van der Waals surface area contributed by atoms with Crippen LogP contribution in [0.2, 0.25) is 0 Å². The van der Waals surface area contributed by atoms with E-state index in [1.165, 1.54) is 6.92 Å². The lowest BCUT2D eigenvalue weighted by Gasteiger charge is -2.15. The Bertz CT molecular complexity index is 1210. The third-order valence-electron chi connectivity index (χ3n) is 3.92. The molecule has 1 atom stereocenters. The Kier molecular flexibility index (Phi) is 6.79. The highest BCUT2D eigenvalue weighted by Gasteiger charge is 2.20. The fourth-order valence-electron chi connectivity index (χ4n) is 2.52. The molecule has 1 heterocycles. The molecule has 3 aromatic rings. The molecule has 0 saturated heterocycles. The number of aromatic nitrogens is 1. The van der Waals surface area contributed by atoms with Crippen LogP contribution in [0.1, 0.15) is 29.0 Å². The van der Waals surface area contributed by atoms with Gasteiger partial charge < -0.3 is 14.5 Å². The smallest absolute Gasteiger partial charge is 0.399 e. The highest BCUT2D eigenvalue weighted by atomic mass is 127. The number of carbonyl (C=O) groups is 1. The lowest BCUT2D eigenvalue weighted by molar-refractivity contribution is 0.0934. The van der Waals surface area contributed by atoms with Gasteiger partial charge in [0.1, 0.15) is 17.7 Å². The van der Waals surface area contributed by atoms with E-state index in [-0.39, 0.29) is 17.3 Å². The Morgan fingerprint density at radius 2 is 1.90 bits per heavy atom. The predicted molar refractivity (Wildman–Crippen MR) is 116 cm³/mol. The molecule has 1 aromatic heterocycles. The van der Waals surface area contributed by atoms with Gasteiger partial charge in [0, 0.05) is 3.57 Å². The minimum absolute atomic E-state index is 0.0845. The van der Waals surface area contributed by atoms with Crippen LogP contribution >= 0.6 is 22.6 Å². The molecule has 164 valence electrons. The number of halogens is 3. The summed E-state index contributed by atoms with van der Waals surface area (Å²) in [6, 6.07) is 8.13. The standard InChI is InChI=1S/C19H16F2IN3O5S/c1-10(11-6-14(20)17(15(21)7-11)25-31(2,27)28)23-18(26)16-9-29-19(24-16)30-13-5-3-4-12(22)8-13/h3-10,25H,1-2H3,(H,23,26). The molecule has 2 N–H and O–H groups in total. The van der Waals surface area contributed by atoms with Crippen molar-refractivity contribution in [1.29, 1.82) is 0 Å². The molecule has 31 heavy (non-hydrogen) atoms. The maximum Gasteiger partial charge on any atom is 0.399 e. The molecule has 2 aromatic carbocycles. The molecule has 0 aliphatic heterocycles. The molecule has 0 aliphatic rings. The van der Waals surface area contributed by atoms with Gasteiger partial charge in [0.25, 0.3) is 5.91 Å². The van der Waals surface area contributed by atoms with Gasteiger partial charge in [-0.25, -0.2) is 17.2 Å². The van der Waals surface area contributed by atoms with Crippen LogP contribution < -0.4 is 14.8 Å². The minimum atomic E-state index is -3.86. The molecule has 0 radical (unpaired) electrons. The van der Waals surface area contributed by atoms with Crippen molar-refractivity contribution in [2.45, 2.75) is 13.0 Å². The third kappa shape index (κ3) is 6.13. The minimum Gasteiger partial charge on any atom is -0.416 e. The van der Waals surface area contributed by atoms with Crippen LogP contribution in [0.15, 0.2) is 47.1 Å². The lowest BCUT2D eigenvalue weighted by Crippen LogP contribution is -2.27. The van der Waals surface area contributed by atoms with Crippen LogP contribution in [0.5, 0.6) is 11.8 Å². The highest BCUT2D eigenvalue weighted by Crippen LogP contribution is 2.26. The highest BCUT2D eigenvalue weighted by molar-refractivity contribution is 14.1. The van der Waals surface area contributed by atoms with E-state index < -0.39 is 39.3 Å². The summed E-state index contributed by atoms with van der Waals surface area (Å²) in [4.78, 5) is 16.3. The summed E-state index contributed by atoms with van der Waals surface area (Å²) in [5.41, 5.74) is -0.802. The number of sulfonamides is 1. The summed E-state index contributed by atoms with van der Waals surface area (Å²) < 4.78 is 64.1. The number of rotatable bonds is 7. The van der Waals surface area contributed by atoms with Crippen molar-refractivity contribution in [2.24, 2.45) is 0 Å². The van der Waals surface area contributed by atoms with Crippen LogP contribution in [0.4, 0.5) is 14.5 Å². The SMILES string of the molecule is CC(NC(=O)c1coc(Oc2cccc(I)c2)n1)c1cc(F)c(NS(C)(=O)=O)c(F)c1. The average molecular weight is 563 g/mol. The fraction of sp³-hybridized carbons (Fsp3) is 0.158. The van der Waals surface area contributed by atoms with Crippen molar-refractivity contribution < 1.29 is 31.1 Å². The van der Waals surface area contributed by atoms with Gasteiger partial charge in [-0.05, 0) is 65.4 Å². The Hall–Kier alpha value is -2.74. The number of amides is 1. The molecule has 12 heteroatoms. The van der Waals surface area contributed by atoms with Crippen molar-refractivity contribution in [2.75, 3.05) is 11.0 Å². The molecular weight excluding hydrogens is 547 g/mol. The normalized spacial score (nSPS) is 12.3. The lowest BCUT2D eigenvalue weighted by atomic mass is 10.1. The topological polar surface area (TPSA) is 111 Å². The maximum atomic E-state index is 14.2. The summed E-state index contributed by atoms with van der Waals surface area (Å²) in [5, 5.41) is 2.53. The van der Waals surface area contributed by atoms with Crippen molar-refractivity contribution >= 4 is 44.2 Å². The number of anilines is 1. The summed E-state index contributed by atoms with van der Waals surface area (Å²) in [7, 11) is -3.86.